The fraction of sp³-hybridized carbons (Fsp3) is 0.793. The van der Waals surface area contributed by atoms with Crippen molar-refractivity contribution in [1.82, 2.24) is 0 Å². The molecule has 11 rings (SSSR count). The van der Waals surface area contributed by atoms with E-state index in [0.717, 1.165) is 19.3 Å². The van der Waals surface area contributed by atoms with Crippen molar-refractivity contribution in [2.75, 3.05) is 0 Å². The van der Waals surface area contributed by atoms with Crippen LogP contribution >= 0.6 is 7.14 Å². The van der Waals surface area contributed by atoms with Crippen LogP contribution in [0.25, 0.3) is 0 Å². The van der Waals surface area contributed by atoms with Gasteiger partial charge in [-0.15, -0.1) is 0 Å². The minimum absolute atomic E-state index is 0.0354. The fourth-order valence-electron chi connectivity index (χ4n) is 21.7. The van der Waals surface area contributed by atoms with Crippen LogP contribution in [-0.4, -0.2) is 14.4 Å². The van der Waals surface area contributed by atoms with Crippen molar-refractivity contribution >= 4 is 7.14 Å². The Morgan fingerprint density at radius 3 is 1.91 bits per heavy atom. The van der Waals surface area contributed by atoms with Crippen LogP contribution < -0.4 is 0 Å². The molecule has 0 aromatic heterocycles. The number of rotatable bonds is 6. The predicted molar refractivity (Wildman–Crippen MR) is 131 cm³/mol. The van der Waals surface area contributed by atoms with Crippen LogP contribution in [0.3, 0.4) is 0 Å². The van der Waals surface area contributed by atoms with E-state index in [-0.39, 0.29) is 10.3 Å². The molecule has 0 N–H and O–H groups in total. The van der Waals surface area contributed by atoms with E-state index in [2.05, 4.69) is 72.7 Å². The molecular weight excluding hydrogens is 451 g/mol. The minimum atomic E-state index is -3.89. The zero-order chi connectivity index (χ0) is 22.2. The Kier molecular flexibility index (Phi) is 1.19. The van der Waals surface area contributed by atoms with Crippen LogP contribution in [-0.2, 0) is 21.8 Å². The molecular formula is C29H41FeOP. The van der Waals surface area contributed by atoms with Crippen LogP contribution in [0.15, 0.2) is 24.3 Å². The summed E-state index contributed by atoms with van der Waals surface area (Å²) in [6.07, 6.45) is 5.26. The van der Waals surface area contributed by atoms with Crippen LogP contribution in [0.2, 0.25) is 38.5 Å². The Bertz CT molecular complexity index is 1630. The Hall–Kier alpha value is -0.0305. The molecule has 8 unspecified atom stereocenters. The second kappa shape index (κ2) is 2.18. The SMILES string of the molecule is CCCCCc1cccc([C]23[CH]4[CH]5[CH]6[CH]2[Fe]56432789[CH]3[CH]2[CH]7[C]8(P(=O)(C(C)(C)C)C(C)(C)C)[CH]39)c1. The van der Waals surface area contributed by atoms with Crippen molar-refractivity contribution in [1.29, 1.82) is 0 Å². The number of aryl methyl sites for hydroxylation is 1. The van der Waals surface area contributed by atoms with Gasteiger partial charge < -0.3 is 0 Å². The van der Waals surface area contributed by atoms with Gasteiger partial charge in [-0.2, -0.15) is 0 Å². The molecule has 0 bridgehead atoms. The number of hydrogen-bond donors (Lipinski definition) is 0. The van der Waals surface area contributed by atoms with Gasteiger partial charge >= 0.3 is 185 Å². The first kappa shape index (κ1) is 17.4. The molecule has 3 heteroatoms. The molecule has 32 heavy (non-hydrogen) atoms. The third-order valence-corrected chi connectivity index (χ3v) is 72.0. The second-order valence-corrected chi connectivity index (χ2v) is 46.1. The Morgan fingerprint density at radius 1 is 0.875 bits per heavy atom. The molecule has 1 nitrogen and oxygen atoms in total. The molecule has 0 aliphatic carbocycles. The summed E-state index contributed by atoms with van der Waals surface area (Å²) in [4.78, 5) is 9.07. The Labute approximate surface area is 184 Å². The fourth-order valence-corrected chi connectivity index (χ4v) is 118. The van der Waals surface area contributed by atoms with Crippen molar-refractivity contribution in [2.45, 2.75) is 131 Å². The van der Waals surface area contributed by atoms with Crippen LogP contribution in [0.1, 0.15) is 78.9 Å². The van der Waals surface area contributed by atoms with E-state index in [9.17, 15) is 0 Å². The summed E-state index contributed by atoms with van der Waals surface area (Å²) in [6.45, 7) is 12.7. The Morgan fingerprint density at radius 2 is 1.44 bits per heavy atom. The molecule has 10 heterocycles. The van der Waals surface area contributed by atoms with Gasteiger partial charge in [-0.1, -0.05) is 0 Å². The van der Waals surface area contributed by atoms with E-state index in [4.69, 9.17) is 0 Å². The summed E-state index contributed by atoms with van der Waals surface area (Å²) in [5.41, 5.74) is 3.42. The maximum absolute atomic E-state index is 15.9. The number of benzene rings is 1. The van der Waals surface area contributed by atoms with Crippen LogP contribution in [0.4, 0.5) is 0 Å². The summed E-state index contributed by atoms with van der Waals surface area (Å²) in [7, 11) is -2.36. The first-order valence-electron chi connectivity index (χ1n) is 13.6. The number of unbranched alkanes of at least 4 members (excludes halogenated alkanes) is 2. The van der Waals surface area contributed by atoms with Crippen LogP contribution in [0.5, 0.6) is 0 Å². The van der Waals surface area contributed by atoms with Crippen molar-refractivity contribution in [3.63, 3.8) is 0 Å². The van der Waals surface area contributed by atoms with E-state index in [1.807, 2.05) is 5.56 Å². The summed E-state index contributed by atoms with van der Waals surface area (Å²) in [5.74, 6) is 0. The number of fused-ring (bicyclic) bond motifs is 10. The molecule has 176 valence electrons. The third kappa shape index (κ3) is 0.335. The molecule has 10 aliphatic rings. The summed E-state index contributed by atoms with van der Waals surface area (Å²) in [6, 6.07) is 10.1. The van der Waals surface area contributed by atoms with Crippen molar-refractivity contribution in [3.8, 4) is 0 Å². The van der Waals surface area contributed by atoms with E-state index >= 15 is 4.57 Å². The van der Waals surface area contributed by atoms with Gasteiger partial charge in [0.05, 0.1) is 0 Å². The van der Waals surface area contributed by atoms with Gasteiger partial charge in [0, 0.05) is 0 Å². The Balaban J connectivity index is 1.19. The predicted octanol–water partition coefficient (Wildman–Crippen LogP) is 9.08. The van der Waals surface area contributed by atoms with E-state index in [1.54, 1.807) is 5.56 Å². The van der Waals surface area contributed by atoms with E-state index in [1.165, 1.54) is 44.9 Å². The summed E-state index contributed by atoms with van der Waals surface area (Å²) >= 11 is 0. The molecule has 10 saturated heterocycles. The van der Waals surface area contributed by atoms with Gasteiger partial charge in [0.25, 0.3) is 0 Å². The molecule has 8 atom stereocenters. The molecule has 1 spiro atoms. The first-order chi connectivity index (χ1) is 14.7. The molecule has 10 aliphatic heterocycles. The molecule has 1 aromatic carbocycles. The first-order valence-corrected chi connectivity index (χ1v) is 21.5. The van der Waals surface area contributed by atoms with Crippen molar-refractivity contribution in [3.05, 3.63) is 35.4 Å². The molecule has 0 amide bonds. The molecule has 0 saturated carbocycles. The van der Waals surface area contributed by atoms with Crippen LogP contribution in [0, 0.1) is 0 Å². The van der Waals surface area contributed by atoms with Gasteiger partial charge in [-0.05, 0) is 0 Å². The van der Waals surface area contributed by atoms with Gasteiger partial charge in [0.2, 0.25) is 0 Å². The second-order valence-electron chi connectivity index (χ2n) is 17.8. The average Bonchev–Trinajstić information content (AvgIpc) is 3.65. The topological polar surface area (TPSA) is 17.1 Å². The normalized spacial score (nSPS) is 72.8. The van der Waals surface area contributed by atoms with Gasteiger partial charge in [0.15, 0.2) is 0 Å². The monoisotopic (exact) mass is 492 g/mol. The molecule has 0 radical (unpaired) electrons. The average molecular weight is 492 g/mol. The summed E-state index contributed by atoms with van der Waals surface area (Å²) in [5, 5.41) is -0.0709. The zero-order valence-electron chi connectivity index (χ0n) is 21.0. The van der Waals surface area contributed by atoms with Gasteiger partial charge in [-0.3, -0.25) is 0 Å². The quantitative estimate of drug-likeness (QED) is 0.220. The van der Waals surface area contributed by atoms with E-state index in [0.29, 0.717) is 8.37 Å². The zero-order valence-corrected chi connectivity index (χ0v) is 23.0. The van der Waals surface area contributed by atoms with Gasteiger partial charge in [-0.25, -0.2) is 0 Å². The number of hydrogen-bond acceptors (Lipinski definition) is 1. The molecule has 10 fully saturated rings. The van der Waals surface area contributed by atoms with Gasteiger partial charge in [0.1, 0.15) is 0 Å². The standard InChI is InChI=1S/C16H19.C13H22OP.Fe/c1-2-3-4-8-14-9-7-12-16(13-14)15-10-5-6-11-15;1-12(2,3)15(14,13(4,5)6)11-9-7-8-10-11;/h5-7,9-13H,2-4,8H2,1H3;7-10H,1-6H3;. The van der Waals surface area contributed by atoms with Crippen molar-refractivity contribution < 1.29 is 11.1 Å². The summed E-state index contributed by atoms with van der Waals surface area (Å²) < 4.78 is 16.9. The maximum atomic E-state index is 15.9. The van der Waals surface area contributed by atoms with E-state index < -0.39 is 13.7 Å². The van der Waals surface area contributed by atoms with Crippen molar-refractivity contribution in [2.24, 2.45) is 0 Å². The third-order valence-electron chi connectivity index (χ3n) is 19.5. The molecule has 1 aromatic rings.